The zero-order valence-corrected chi connectivity index (χ0v) is 13.0. The van der Waals surface area contributed by atoms with Gasteiger partial charge in [0.15, 0.2) is 0 Å². The lowest BCUT2D eigenvalue weighted by Gasteiger charge is -2.32. The van der Waals surface area contributed by atoms with Crippen LogP contribution < -0.4 is 11.1 Å². The van der Waals surface area contributed by atoms with Gasteiger partial charge in [-0.15, -0.1) is 23.7 Å². The minimum absolute atomic E-state index is 0. The van der Waals surface area contributed by atoms with Crippen molar-refractivity contribution in [2.45, 2.75) is 45.7 Å². The van der Waals surface area contributed by atoms with Gasteiger partial charge < -0.3 is 11.1 Å². The number of amides is 1. The first-order valence-electron chi connectivity index (χ1n) is 6.55. The fourth-order valence-electron chi connectivity index (χ4n) is 2.63. The van der Waals surface area contributed by atoms with Gasteiger partial charge in [0.25, 0.3) is 5.91 Å². The van der Waals surface area contributed by atoms with Crippen molar-refractivity contribution >= 4 is 29.7 Å². The van der Waals surface area contributed by atoms with E-state index in [4.69, 9.17) is 5.73 Å². The Kier molecular flexibility index (Phi) is 6.23. The third-order valence-electron chi connectivity index (χ3n) is 3.71. The van der Waals surface area contributed by atoms with Crippen LogP contribution in [0.1, 0.15) is 48.6 Å². The summed E-state index contributed by atoms with van der Waals surface area (Å²) in [7, 11) is 0. The van der Waals surface area contributed by atoms with E-state index in [9.17, 15) is 4.79 Å². The van der Waals surface area contributed by atoms with Crippen molar-refractivity contribution in [3.05, 3.63) is 16.1 Å². The SMILES string of the molecule is CC1CCC(NC(=O)c2csc(CN)n2)C(C)C1.Cl. The predicted octanol–water partition coefficient (Wildman–Crippen LogP) is 2.58. The molecular formula is C13H22ClN3OS. The van der Waals surface area contributed by atoms with Gasteiger partial charge in [-0.1, -0.05) is 13.8 Å². The Morgan fingerprint density at radius 1 is 1.53 bits per heavy atom. The summed E-state index contributed by atoms with van der Waals surface area (Å²) < 4.78 is 0. The quantitative estimate of drug-likeness (QED) is 0.902. The average Bonchev–Trinajstić information content (AvgIpc) is 2.81. The second-order valence-corrected chi connectivity index (χ2v) is 6.25. The highest BCUT2D eigenvalue weighted by Gasteiger charge is 2.27. The van der Waals surface area contributed by atoms with Crippen LogP contribution in [0, 0.1) is 11.8 Å². The lowest BCUT2D eigenvalue weighted by molar-refractivity contribution is 0.0895. The standard InChI is InChI=1S/C13H21N3OS.ClH/c1-8-3-4-10(9(2)5-8)16-13(17)11-7-18-12(6-14)15-11;/h7-10H,3-6,14H2,1-2H3,(H,16,17);1H. The van der Waals surface area contributed by atoms with Crippen LogP contribution >= 0.6 is 23.7 Å². The maximum atomic E-state index is 12.1. The average molecular weight is 304 g/mol. The molecule has 1 aliphatic carbocycles. The first-order chi connectivity index (χ1) is 8.60. The number of thiazole rings is 1. The van der Waals surface area contributed by atoms with Gasteiger partial charge >= 0.3 is 0 Å². The van der Waals surface area contributed by atoms with Crippen LogP contribution in [0.4, 0.5) is 0 Å². The first kappa shape index (κ1) is 16.4. The molecule has 6 heteroatoms. The van der Waals surface area contributed by atoms with Crippen molar-refractivity contribution in [2.75, 3.05) is 0 Å². The topological polar surface area (TPSA) is 68.0 Å². The van der Waals surface area contributed by atoms with Crippen LogP contribution in [-0.2, 0) is 6.54 Å². The third kappa shape index (κ3) is 4.16. The summed E-state index contributed by atoms with van der Waals surface area (Å²) in [5.41, 5.74) is 6.01. The number of nitrogens with two attached hydrogens (primary N) is 1. The van der Waals surface area contributed by atoms with Crippen LogP contribution in [0.2, 0.25) is 0 Å². The number of hydrogen-bond donors (Lipinski definition) is 2. The third-order valence-corrected chi connectivity index (χ3v) is 4.58. The molecule has 1 aliphatic rings. The molecule has 1 aromatic heterocycles. The fourth-order valence-corrected chi connectivity index (χ4v) is 3.29. The molecule has 0 spiro atoms. The number of carbonyl (C=O) groups is 1. The molecule has 108 valence electrons. The smallest absolute Gasteiger partial charge is 0.270 e. The minimum atomic E-state index is -0.0580. The van der Waals surface area contributed by atoms with E-state index in [1.165, 1.54) is 24.2 Å². The summed E-state index contributed by atoms with van der Waals surface area (Å²) in [4.78, 5) is 16.3. The van der Waals surface area contributed by atoms with E-state index in [0.717, 1.165) is 17.3 Å². The van der Waals surface area contributed by atoms with E-state index in [2.05, 4.69) is 24.1 Å². The molecule has 0 bridgehead atoms. The predicted molar refractivity (Wildman–Crippen MR) is 80.7 cm³/mol. The summed E-state index contributed by atoms with van der Waals surface area (Å²) in [6.45, 7) is 4.89. The molecule has 3 N–H and O–H groups in total. The highest BCUT2D eigenvalue weighted by atomic mass is 35.5. The molecule has 3 atom stereocenters. The molecule has 0 radical (unpaired) electrons. The van der Waals surface area contributed by atoms with E-state index < -0.39 is 0 Å². The van der Waals surface area contributed by atoms with E-state index in [1.807, 2.05) is 0 Å². The normalized spacial score (nSPS) is 26.6. The molecule has 1 fully saturated rings. The van der Waals surface area contributed by atoms with E-state index >= 15 is 0 Å². The summed E-state index contributed by atoms with van der Waals surface area (Å²) >= 11 is 1.44. The molecule has 3 unspecified atom stereocenters. The number of halogens is 1. The van der Waals surface area contributed by atoms with Crippen molar-refractivity contribution in [3.63, 3.8) is 0 Å². The van der Waals surface area contributed by atoms with Crippen LogP contribution in [0.25, 0.3) is 0 Å². The molecule has 0 aromatic carbocycles. The lowest BCUT2D eigenvalue weighted by atomic mass is 9.80. The summed E-state index contributed by atoms with van der Waals surface area (Å²) in [5.74, 6) is 1.26. The number of carbonyl (C=O) groups excluding carboxylic acids is 1. The highest BCUT2D eigenvalue weighted by Crippen LogP contribution is 2.28. The monoisotopic (exact) mass is 303 g/mol. The van der Waals surface area contributed by atoms with E-state index in [1.54, 1.807) is 5.38 Å². The Morgan fingerprint density at radius 2 is 2.26 bits per heavy atom. The van der Waals surface area contributed by atoms with Crippen LogP contribution in [0.3, 0.4) is 0 Å². The number of nitrogens with one attached hydrogen (secondary N) is 1. The summed E-state index contributed by atoms with van der Waals surface area (Å²) in [5, 5.41) is 5.70. The highest BCUT2D eigenvalue weighted by molar-refractivity contribution is 7.09. The molecule has 2 rings (SSSR count). The number of rotatable bonds is 3. The molecule has 19 heavy (non-hydrogen) atoms. The Hall–Kier alpha value is -0.650. The van der Waals surface area contributed by atoms with E-state index in [-0.39, 0.29) is 24.4 Å². The van der Waals surface area contributed by atoms with Crippen molar-refractivity contribution in [3.8, 4) is 0 Å². The minimum Gasteiger partial charge on any atom is -0.348 e. The second kappa shape index (κ2) is 7.22. The number of nitrogens with zero attached hydrogens (tertiary/aromatic N) is 1. The zero-order valence-electron chi connectivity index (χ0n) is 11.4. The Morgan fingerprint density at radius 3 is 2.84 bits per heavy atom. The van der Waals surface area contributed by atoms with Gasteiger partial charge in [-0.05, 0) is 31.1 Å². The Bertz CT molecular complexity index is 424. The van der Waals surface area contributed by atoms with Gasteiger partial charge in [-0.3, -0.25) is 4.79 Å². The Balaban J connectivity index is 0.00000180. The van der Waals surface area contributed by atoms with Crippen molar-refractivity contribution < 1.29 is 4.79 Å². The molecular weight excluding hydrogens is 282 g/mol. The maximum absolute atomic E-state index is 12.1. The first-order valence-corrected chi connectivity index (χ1v) is 7.43. The van der Waals surface area contributed by atoms with Gasteiger partial charge in [0.05, 0.1) is 0 Å². The van der Waals surface area contributed by atoms with Crippen molar-refractivity contribution in [1.29, 1.82) is 0 Å². The van der Waals surface area contributed by atoms with Crippen molar-refractivity contribution in [2.24, 2.45) is 17.6 Å². The molecule has 1 aromatic rings. The Labute approximate surface area is 124 Å². The van der Waals surface area contributed by atoms with Gasteiger partial charge in [-0.2, -0.15) is 0 Å². The van der Waals surface area contributed by atoms with Crippen molar-refractivity contribution in [1.82, 2.24) is 10.3 Å². The van der Waals surface area contributed by atoms with Gasteiger partial charge in [0.1, 0.15) is 10.7 Å². The molecule has 1 amide bonds. The molecule has 4 nitrogen and oxygen atoms in total. The molecule has 0 saturated heterocycles. The molecule has 1 saturated carbocycles. The molecule has 0 aliphatic heterocycles. The summed E-state index contributed by atoms with van der Waals surface area (Å²) in [6.07, 6.45) is 3.46. The van der Waals surface area contributed by atoms with Gasteiger partial charge in [0.2, 0.25) is 0 Å². The van der Waals surface area contributed by atoms with Crippen LogP contribution in [0.15, 0.2) is 5.38 Å². The molecule has 1 heterocycles. The zero-order chi connectivity index (χ0) is 13.1. The van der Waals surface area contributed by atoms with E-state index in [0.29, 0.717) is 18.2 Å². The summed E-state index contributed by atoms with van der Waals surface area (Å²) in [6, 6.07) is 0.289. The second-order valence-electron chi connectivity index (χ2n) is 5.31. The number of aromatic nitrogens is 1. The van der Waals surface area contributed by atoms with Crippen LogP contribution in [0.5, 0.6) is 0 Å². The largest absolute Gasteiger partial charge is 0.348 e. The van der Waals surface area contributed by atoms with Crippen LogP contribution in [-0.4, -0.2) is 16.9 Å². The van der Waals surface area contributed by atoms with Gasteiger partial charge in [0, 0.05) is 18.0 Å². The maximum Gasteiger partial charge on any atom is 0.270 e. The lowest BCUT2D eigenvalue weighted by Crippen LogP contribution is -2.42. The number of hydrogen-bond acceptors (Lipinski definition) is 4. The van der Waals surface area contributed by atoms with Gasteiger partial charge in [-0.25, -0.2) is 4.98 Å². The fraction of sp³-hybridized carbons (Fsp3) is 0.692.